The molecule has 0 spiro atoms. The fraction of sp³-hybridized carbons (Fsp3) is 0.0250. The van der Waals surface area contributed by atoms with E-state index < -0.39 is 0 Å². The molecule has 0 radical (unpaired) electrons. The van der Waals surface area contributed by atoms with Crippen molar-refractivity contribution in [2.75, 3.05) is 0 Å². The van der Waals surface area contributed by atoms with E-state index >= 15 is 0 Å². The number of rotatable bonds is 4. The number of imidazole rings is 1. The second-order valence-corrected chi connectivity index (χ2v) is 10.9. The maximum Gasteiger partial charge on any atom is 0.145 e. The topological polar surface area (TPSA) is 17.8 Å². The third kappa shape index (κ3) is 3.92. The Morgan fingerprint density at radius 2 is 1.00 bits per heavy atom. The van der Waals surface area contributed by atoms with Crippen molar-refractivity contribution in [2.45, 2.75) is 6.92 Å². The van der Waals surface area contributed by atoms with E-state index in [1.807, 2.05) is 6.07 Å². The van der Waals surface area contributed by atoms with Gasteiger partial charge in [0.05, 0.1) is 11.0 Å². The van der Waals surface area contributed by atoms with Crippen LogP contribution in [0.4, 0.5) is 0 Å². The van der Waals surface area contributed by atoms with Gasteiger partial charge in [-0.2, -0.15) is 0 Å². The fourth-order valence-electron chi connectivity index (χ4n) is 6.36. The lowest BCUT2D eigenvalue weighted by Crippen LogP contribution is -1.98. The largest absolute Gasteiger partial charge is 0.292 e. The first-order chi connectivity index (χ1) is 20.8. The van der Waals surface area contributed by atoms with Gasteiger partial charge in [-0.15, -0.1) is 0 Å². The van der Waals surface area contributed by atoms with Crippen LogP contribution < -0.4 is 0 Å². The van der Waals surface area contributed by atoms with Gasteiger partial charge in [0.25, 0.3) is 0 Å². The molecule has 0 saturated carbocycles. The number of hydrogen-bond acceptors (Lipinski definition) is 1. The SMILES string of the molecule is Cc1ccc2c(-c3ccccc3)c3ccccc3c(-c3ccc(-n4c(-c5ccccc5)nc5ccccc54)cc3)c2c1. The lowest BCUT2D eigenvalue weighted by Gasteiger charge is -2.18. The lowest BCUT2D eigenvalue weighted by atomic mass is 9.85. The van der Waals surface area contributed by atoms with Crippen LogP contribution in [0.1, 0.15) is 5.56 Å². The highest BCUT2D eigenvalue weighted by Crippen LogP contribution is 2.44. The Balaban J connectivity index is 1.37. The quantitative estimate of drug-likeness (QED) is 0.205. The van der Waals surface area contributed by atoms with Gasteiger partial charge in [-0.3, -0.25) is 4.57 Å². The predicted octanol–water partition coefficient (Wildman–Crippen LogP) is 10.6. The standard InChI is InChI=1S/C40H28N2/c1-27-20-25-34-35(26-27)39(33-17-9-8-16-32(33)38(34)28-12-4-2-5-13-28)29-21-23-31(24-22-29)42-37-19-11-10-18-36(37)41-40(42)30-14-6-3-7-15-30/h2-26H,1H3. The van der Waals surface area contributed by atoms with Crippen LogP contribution in [0.5, 0.6) is 0 Å². The molecule has 0 unspecified atom stereocenters. The van der Waals surface area contributed by atoms with Crippen LogP contribution in [0, 0.1) is 6.92 Å². The summed E-state index contributed by atoms with van der Waals surface area (Å²) in [5.74, 6) is 0.947. The van der Waals surface area contributed by atoms with Crippen molar-refractivity contribution < 1.29 is 0 Å². The zero-order chi connectivity index (χ0) is 28.0. The van der Waals surface area contributed by atoms with Crippen LogP contribution in [0.25, 0.3) is 71.9 Å². The Morgan fingerprint density at radius 1 is 0.452 bits per heavy atom. The minimum atomic E-state index is 0.947. The van der Waals surface area contributed by atoms with Crippen molar-refractivity contribution >= 4 is 32.6 Å². The molecule has 0 aliphatic rings. The number of para-hydroxylation sites is 2. The zero-order valence-electron chi connectivity index (χ0n) is 23.3. The Hall–Kier alpha value is -5.47. The molecular formula is C40H28N2. The van der Waals surface area contributed by atoms with Gasteiger partial charge in [0.1, 0.15) is 5.82 Å². The van der Waals surface area contributed by atoms with E-state index in [4.69, 9.17) is 4.98 Å². The molecule has 0 amide bonds. The summed E-state index contributed by atoms with van der Waals surface area (Å²) in [5.41, 5.74) is 10.5. The molecule has 198 valence electrons. The minimum Gasteiger partial charge on any atom is -0.292 e. The maximum absolute atomic E-state index is 5.03. The van der Waals surface area contributed by atoms with Crippen LogP contribution in [-0.4, -0.2) is 9.55 Å². The highest BCUT2D eigenvalue weighted by molar-refractivity contribution is 6.21. The Bertz CT molecular complexity index is 2230. The molecule has 2 nitrogen and oxygen atoms in total. The average Bonchev–Trinajstić information content (AvgIpc) is 3.44. The third-order valence-electron chi connectivity index (χ3n) is 8.25. The van der Waals surface area contributed by atoms with Gasteiger partial charge in [0, 0.05) is 11.3 Å². The molecule has 7 aromatic carbocycles. The van der Waals surface area contributed by atoms with Gasteiger partial charge in [-0.1, -0.05) is 133 Å². The van der Waals surface area contributed by atoms with Gasteiger partial charge in [-0.25, -0.2) is 4.98 Å². The van der Waals surface area contributed by atoms with E-state index in [1.54, 1.807) is 0 Å². The summed E-state index contributed by atoms with van der Waals surface area (Å²) in [5, 5.41) is 5.08. The van der Waals surface area contributed by atoms with Crippen molar-refractivity contribution in [1.29, 1.82) is 0 Å². The van der Waals surface area contributed by atoms with Crippen LogP contribution in [0.3, 0.4) is 0 Å². The summed E-state index contributed by atoms with van der Waals surface area (Å²) in [6, 6.07) is 54.3. The Kier molecular flexibility index (Phi) is 5.72. The van der Waals surface area contributed by atoms with Crippen molar-refractivity contribution in [1.82, 2.24) is 9.55 Å². The first kappa shape index (κ1) is 24.3. The number of aryl methyl sites for hydroxylation is 1. The molecule has 2 heteroatoms. The summed E-state index contributed by atoms with van der Waals surface area (Å²) in [4.78, 5) is 5.03. The van der Waals surface area contributed by atoms with Crippen molar-refractivity contribution in [3.05, 3.63) is 157 Å². The third-order valence-corrected chi connectivity index (χ3v) is 8.25. The molecule has 0 aliphatic heterocycles. The number of aromatic nitrogens is 2. The second kappa shape index (κ2) is 9.87. The van der Waals surface area contributed by atoms with Gasteiger partial charge < -0.3 is 0 Å². The second-order valence-electron chi connectivity index (χ2n) is 10.9. The van der Waals surface area contributed by atoms with Crippen molar-refractivity contribution in [2.24, 2.45) is 0 Å². The van der Waals surface area contributed by atoms with Gasteiger partial charge in [0.2, 0.25) is 0 Å². The van der Waals surface area contributed by atoms with Gasteiger partial charge >= 0.3 is 0 Å². The van der Waals surface area contributed by atoms with Crippen LogP contribution in [0.2, 0.25) is 0 Å². The van der Waals surface area contributed by atoms with Crippen molar-refractivity contribution in [3.63, 3.8) is 0 Å². The maximum atomic E-state index is 5.03. The number of hydrogen-bond donors (Lipinski definition) is 0. The molecule has 1 heterocycles. The summed E-state index contributed by atoms with van der Waals surface area (Å²) in [7, 11) is 0. The van der Waals surface area contributed by atoms with E-state index in [9.17, 15) is 0 Å². The Labute approximate surface area is 245 Å². The van der Waals surface area contributed by atoms with Crippen molar-refractivity contribution in [3.8, 4) is 39.3 Å². The normalized spacial score (nSPS) is 11.5. The fourth-order valence-corrected chi connectivity index (χ4v) is 6.36. The van der Waals surface area contributed by atoms with Crippen LogP contribution in [-0.2, 0) is 0 Å². The summed E-state index contributed by atoms with van der Waals surface area (Å²) >= 11 is 0. The molecule has 0 saturated heterocycles. The monoisotopic (exact) mass is 536 g/mol. The number of nitrogens with zero attached hydrogens (tertiary/aromatic N) is 2. The minimum absolute atomic E-state index is 0.947. The highest BCUT2D eigenvalue weighted by atomic mass is 15.1. The molecule has 42 heavy (non-hydrogen) atoms. The summed E-state index contributed by atoms with van der Waals surface area (Å²) < 4.78 is 2.27. The molecule has 0 atom stereocenters. The lowest BCUT2D eigenvalue weighted by molar-refractivity contribution is 1.10. The summed E-state index contributed by atoms with van der Waals surface area (Å²) in [6.45, 7) is 2.18. The average molecular weight is 537 g/mol. The van der Waals surface area contributed by atoms with Crippen LogP contribution >= 0.6 is 0 Å². The highest BCUT2D eigenvalue weighted by Gasteiger charge is 2.18. The summed E-state index contributed by atoms with van der Waals surface area (Å²) in [6.07, 6.45) is 0. The molecule has 1 aromatic heterocycles. The van der Waals surface area contributed by atoms with E-state index in [0.717, 1.165) is 28.1 Å². The number of benzene rings is 7. The molecule has 8 aromatic rings. The predicted molar refractivity (Wildman–Crippen MR) is 177 cm³/mol. The molecule has 0 aliphatic carbocycles. The first-order valence-electron chi connectivity index (χ1n) is 14.4. The Morgan fingerprint density at radius 3 is 1.71 bits per heavy atom. The van der Waals surface area contributed by atoms with E-state index in [2.05, 4.69) is 157 Å². The smallest absolute Gasteiger partial charge is 0.145 e. The van der Waals surface area contributed by atoms with Gasteiger partial charge in [-0.05, 0) is 75.0 Å². The first-order valence-corrected chi connectivity index (χ1v) is 14.4. The molecule has 0 N–H and O–H groups in total. The van der Waals surface area contributed by atoms with E-state index in [0.29, 0.717) is 0 Å². The van der Waals surface area contributed by atoms with E-state index in [-0.39, 0.29) is 0 Å². The number of fused-ring (bicyclic) bond motifs is 3. The molecule has 0 fully saturated rings. The molecule has 0 bridgehead atoms. The molecular weight excluding hydrogens is 508 g/mol. The van der Waals surface area contributed by atoms with Crippen LogP contribution in [0.15, 0.2) is 152 Å². The van der Waals surface area contributed by atoms with E-state index in [1.165, 1.54) is 49.4 Å². The van der Waals surface area contributed by atoms with Gasteiger partial charge in [0.15, 0.2) is 0 Å². The zero-order valence-corrected chi connectivity index (χ0v) is 23.3. The molecule has 8 rings (SSSR count).